The smallest absolute Gasteiger partial charge is 0.315 e. The summed E-state index contributed by atoms with van der Waals surface area (Å²) in [7, 11) is 0. The minimum atomic E-state index is -0.121. The lowest BCUT2D eigenvalue weighted by Gasteiger charge is -2.26. The lowest BCUT2D eigenvalue weighted by Crippen LogP contribution is -2.41. The van der Waals surface area contributed by atoms with Crippen LogP contribution in [0.15, 0.2) is 60.7 Å². The number of nitrogens with one attached hydrogen (secondary N) is 2. The van der Waals surface area contributed by atoms with E-state index in [1.807, 2.05) is 60.7 Å². The molecule has 0 saturated heterocycles. The summed E-state index contributed by atoms with van der Waals surface area (Å²) >= 11 is 0. The van der Waals surface area contributed by atoms with Crippen molar-refractivity contribution in [2.45, 2.75) is 25.3 Å². The van der Waals surface area contributed by atoms with Gasteiger partial charge in [0.2, 0.25) is 0 Å². The monoisotopic (exact) mass is 294 g/mol. The van der Waals surface area contributed by atoms with Crippen LogP contribution in [0.5, 0.6) is 0 Å². The van der Waals surface area contributed by atoms with Gasteiger partial charge in [0, 0.05) is 6.54 Å². The Kier molecular flexibility index (Phi) is 4.74. The zero-order valence-electron chi connectivity index (χ0n) is 12.7. The van der Waals surface area contributed by atoms with Crippen molar-refractivity contribution in [3.8, 4) is 0 Å². The average molecular weight is 294 g/mol. The summed E-state index contributed by atoms with van der Waals surface area (Å²) in [4.78, 5) is 12.2. The molecule has 0 aliphatic heterocycles. The van der Waals surface area contributed by atoms with E-state index in [2.05, 4.69) is 10.6 Å². The fourth-order valence-corrected chi connectivity index (χ4v) is 2.77. The van der Waals surface area contributed by atoms with Crippen LogP contribution >= 0.6 is 0 Å². The third-order valence-electron chi connectivity index (χ3n) is 4.32. The molecule has 3 nitrogen and oxygen atoms in total. The van der Waals surface area contributed by atoms with Crippen LogP contribution in [0.2, 0.25) is 0 Å². The van der Waals surface area contributed by atoms with Crippen LogP contribution in [0.1, 0.15) is 36.4 Å². The van der Waals surface area contributed by atoms with Gasteiger partial charge >= 0.3 is 6.03 Å². The lowest BCUT2D eigenvalue weighted by molar-refractivity contribution is 0.230. The van der Waals surface area contributed by atoms with Gasteiger partial charge < -0.3 is 10.6 Å². The van der Waals surface area contributed by atoms with Gasteiger partial charge in [0.15, 0.2) is 0 Å². The van der Waals surface area contributed by atoms with Crippen LogP contribution in [0.25, 0.3) is 0 Å². The maximum absolute atomic E-state index is 12.2. The van der Waals surface area contributed by atoms with E-state index in [-0.39, 0.29) is 12.1 Å². The number of carbonyl (C=O) groups excluding carboxylic acids is 1. The van der Waals surface area contributed by atoms with E-state index >= 15 is 0 Å². The second-order valence-corrected chi connectivity index (χ2v) is 5.91. The first-order valence-electron chi connectivity index (χ1n) is 7.97. The van der Waals surface area contributed by atoms with Crippen molar-refractivity contribution in [3.63, 3.8) is 0 Å². The van der Waals surface area contributed by atoms with Gasteiger partial charge in [-0.05, 0) is 29.9 Å². The molecule has 22 heavy (non-hydrogen) atoms. The largest absolute Gasteiger partial charge is 0.338 e. The highest BCUT2D eigenvalue weighted by molar-refractivity contribution is 5.75. The van der Waals surface area contributed by atoms with E-state index in [9.17, 15) is 4.79 Å². The van der Waals surface area contributed by atoms with Crippen molar-refractivity contribution in [2.24, 2.45) is 5.92 Å². The molecule has 1 aliphatic rings. The van der Waals surface area contributed by atoms with E-state index in [0.29, 0.717) is 5.92 Å². The van der Waals surface area contributed by atoms with E-state index in [1.54, 1.807) is 0 Å². The van der Waals surface area contributed by atoms with Gasteiger partial charge in [-0.25, -0.2) is 4.79 Å². The van der Waals surface area contributed by atoms with E-state index in [4.69, 9.17) is 0 Å². The maximum Gasteiger partial charge on any atom is 0.315 e. The molecule has 0 unspecified atom stereocenters. The van der Waals surface area contributed by atoms with Crippen molar-refractivity contribution in [2.75, 3.05) is 6.54 Å². The molecule has 1 aliphatic carbocycles. The molecular formula is C19H22N2O. The minimum Gasteiger partial charge on any atom is -0.338 e. The van der Waals surface area contributed by atoms with E-state index < -0.39 is 0 Å². The molecule has 1 fully saturated rings. The van der Waals surface area contributed by atoms with Gasteiger partial charge in [-0.2, -0.15) is 0 Å². The maximum atomic E-state index is 12.2. The number of rotatable bonds is 5. The standard InChI is InChI=1S/C19H22N2O/c22-19(20-14-15-8-7-9-15)21-18(16-10-3-1-4-11-16)17-12-5-2-6-13-17/h1-6,10-13,15,18H,7-9,14H2,(H2,20,21,22). The molecule has 3 rings (SSSR count). The van der Waals surface area contributed by atoms with Gasteiger partial charge in [0.05, 0.1) is 6.04 Å². The quantitative estimate of drug-likeness (QED) is 0.863. The van der Waals surface area contributed by atoms with Gasteiger partial charge in [-0.1, -0.05) is 67.1 Å². The third-order valence-corrected chi connectivity index (χ3v) is 4.32. The van der Waals surface area contributed by atoms with Crippen LogP contribution in [-0.4, -0.2) is 12.6 Å². The number of benzene rings is 2. The Balaban J connectivity index is 1.69. The molecule has 0 spiro atoms. The summed E-state index contributed by atoms with van der Waals surface area (Å²) in [6.45, 7) is 0.780. The summed E-state index contributed by atoms with van der Waals surface area (Å²) < 4.78 is 0. The van der Waals surface area contributed by atoms with Gasteiger partial charge in [0.25, 0.3) is 0 Å². The molecular weight excluding hydrogens is 272 g/mol. The molecule has 0 atom stereocenters. The molecule has 2 aromatic rings. The topological polar surface area (TPSA) is 41.1 Å². The Labute approximate surface area is 131 Å². The zero-order chi connectivity index (χ0) is 15.2. The van der Waals surface area contributed by atoms with Crippen molar-refractivity contribution >= 4 is 6.03 Å². The summed E-state index contributed by atoms with van der Waals surface area (Å²) in [6, 6.07) is 19.9. The number of hydrogen-bond acceptors (Lipinski definition) is 1. The summed E-state index contributed by atoms with van der Waals surface area (Å²) in [6.07, 6.45) is 3.77. The first-order valence-corrected chi connectivity index (χ1v) is 7.97. The van der Waals surface area contributed by atoms with Gasteiger partial charge in [0.1, 0.15) is 0 Å². The first-order chi connectivity index (χ1) is 10.8. The number of urea groups is 1. The SMILES string of the molecule is O=C(NCC1CCC1)NC(c1ccccc1)c1ccccc1. The Bertz CT molecular complexity index is 554. The molecule has 0 radical (unpaired) electrons. The third kappa shape index (κ3) is 3.67. The predicted molar refractivity (Wildman–Crippen MR) is 88.6 cm³/mol. The number of amides is 2. The highest BCUT2D eigenvalue weighted by Gasteiger charge is 2.20. The molecule has 2 aromatic carbocycles. The normalized spacial score (nSPS) is 14.4. The lowest BCUT2D eigenvalue weighted by atomic mass is 9.85. The average Bonchev–Trinajstić information content (AvgIpc) is 2.53. The fourth-order valence-electron chi connectivity index (χ4n) is 2.77. The predicted octanol–water partition coefficient (Wildman–Crippen LogP) is 3.88. The van der Waals surface area contributed by atoms with Crippen LogP contribution in [0, 0.1) is 5.92 Å². The Hall–Kier alpha value is -2.29. The van der Waals surface area contributed by atoms with Gasteiger partial charge in [-0.15, -0.1) is 0 Å². The van der Waals surface area contributed by atoms with Crippen molar-refractivity contribution in [1.82, 2.24) is 10.6 Å². The highest BCUT2D eigenvalue weighted by atomic mass is 16.2. The number of hydrogen-bond donors (Lipinski definition) is 2. The van der Waals surface area contributed by atoms with E-state index in [0.717, 1.165) is 17.7 Å². The molecule has 114 valence electrons. The van der Waals surface area contributed by atoms with Gasteiger partial charge in [-0.3, -0.25) is 0 Å². The number of carbonyl (C=O) groups is 1. The molecule has 2 N–H and O–H groups in total. The van der Waals surface area contributed by atoms with E-state index in [1.165, 1.54) is 19.3 Å². The van der Waals surface area contributed by atoms with Crippen molar-refractivity contribution < 1.29 is 4.79 Å². The molecule has 0 heterocycles. The summed E-state index contributed by atoms with van der Waals surface area (Å²) in [5.74, 6) is 0.664. The molecule has 0 aromatic heterocycles. The second-order valence-electron chi connectivity index (χ2n) is 5.91. The minimum absolute atomic E-state index is 0.0930. The second kappa shape index (κ2) is 7.12. The molecule has 0 bridgehead atoms. The van der Waals surface area contributed by atoms with Crippen molar-refractivity contribution in [1.29, 1.82) is 0 Å². The van der Waals surface area contributed by atoms with Crippen LogP contribution in [0.4, 0.5) is 4.79 Å². The molecule has 2 amide bonds. The Morgan fingerprint density at radius 3 is 1.95 bits per heavy atom. The first kappa shape index (κ1) is 14.6. The van der Waals surface area contributed by atoms with Crippen LogP contribution in [0.3, 0.4) is 0 Å². The zero-order valence-corrected chi connectivity index (χ0v) is 12.7. The van der Waals surface area contributed by atoms with Crippen LogP contribution < -0.4 is 10.6 Å². The van der Waals surface area contributed by atoms with Crippen LogP contribution in [-0.2, 0) is 0 Å². The summed E-state index contributed by atoms with van der Waals surface area (Å²) in [5, 5.41) is 6.11. The summed E-state index contributed by atoms with van der Waals surface area (Å²) in [5.41, 5.74) is 2.18. The molecule has 1 saturated carbocycles. The molecule has 3 heteroatoms. The fraction of sp³-hybridized carbons (Fsp3) is 0.316. The van der Waals surface area contributed by atoms with Crippen molar-refractivity contribution in [3.05, 3.63) is 71.8 Å². The Morgan fingerprint density at radius 2 is 1.50 bits per heavy atom. The Morgan fingerprint density at radius 1 is 0.955 bits per heavy atom. The highest BCUT2D eigenvalue weighted by Crippen LogP contribution is 2.25.